The molecule has 0 saturated carbocycles. The molecule has 0 fully saturated rings. The number of aliphatic hydroxyl groups is 1. The van der Waals surface area contributed by atoms with Crippen molar-refractivity contribution >= 4 is 40.3 Å². The van der Waals surface area contributed by atoms with Gasteiger partial charge in [-0.25, -0.2) is 4.21 Å². The van der Waals surface area contributed by atoms with Gasteiger partial charge in [0, 0.05) is 6.54 Å². The Morgan fingerprint density at radius 3 is 3.00 bits per heavy atom. The maximum Gasteiger partial charge on any atom is 0.261 e. The fourth-order valence-electron chi connectivity index (χ4n) is 1.03. The number of thiophene rings is 1. The lowest BCUT2D eigenvalue weighted by atomic mass is 10.3. The van der Waals surface area contributed by atoms with E-state index < -0.39 is 24.1 Å². The standard InChI is InChI=1S/C9H12N2O5S2/c1-10-8-3-2-7(17-8)9(13)11-4-6(12)5-16-18(14)15/h2-3,6,12H,1,4-5H2,(H,11,13)(H,14,15)/p-1. The van der Waals surface area contributed by atoms with Gasteiger partial charge in [0.25, 0.3) is 5.91 Å². The highest BCUT2D eigenvalue weighted by Gasteiger charge is 2.11. The molecule has 0 saturated heterocycles. The van der Waals surface area contributed by atoms with Gasteiger partial charge in [-0.15, -0.1) is 11.3 Å². The van der Waals surface area contributed by atoms with Gasteiger partial charge >= 0.3 is 0 Å². The Hall–Kier alpha value is -1.13. The van der Waals surface area contributed by atoms with Crippen molar-refractivity contribution in [3.8, 4) is 0 Å². The number of carbonyl (C=O) groups excluding carboxylic acids is 1. The van der Waals surface area contributed by atoms with Gasteiger partial charge in [0.15, 0.2) is 0 Å². The molecule has 2 atom stereocenters. The maximum absolute atomic E-state index is 11.6. The van der Waals surface area contributed by atoms with Crippen molar-refractivity contribution in [1.82, 2.24) is 5.32 Å². The zero-order valence-corrected chi connectivity index (χ0v) is 10.8. The van der Waals surface area contributed by atoms with Gasteiger partial charge in [0.1, 0.15) is 5.00 Å². The van der Waals surface area contributed by atoms with Gasteiger partial charge in [0.05, 0.1) is 28.9 Å². The number of carbonyl (C=O) groups is 1. The smallest absolute Gasteiger partial charge is 0.261 e. The monoisotopic (exact) mass is 291 g/mol. The largest absolute Gasteiger partial charge is 0.750 e. The third kappa shape index (κ3) is 5.02. The van der Waals surface area contributed by atoms with Crippen molar-refractivity contribution in [3.05, 3.63) is 17.0 Å². The van der Waals surface area contributed by atoms with E-state index in [0.29, 0.717) is 9.88 Å². The molecular formula is C9H11N2O5S2-. The molecule has 1 amide bonds. The molecule has 0 aliphatic carbocycles. The van der Waals surface area contributed by atoms with Crippen molar-refractivity contribution < 1.29 is 22.8 Å². The van der Waals surface area contributed by atoms with E-state index in [0.717, 1.165) is 11.3 Å². The Balaban J connectivity index is 2.36. The fraction of sp³-hybridized carbons (Fsp3) is 0.333. The number of aliphatic hydroxyl groups excluding tert-OH is 1. The van der Waals surface area contributed by atoms with Crippen molar-refractivity contribution in [2.24, 2.45) is 4.99 Å². The summed E-state index contributed by atoms with van der Waals surface area (Å²) in [7, 11) is 0. The summed E-state index contributed by atoms with van der Waals surface area (Å²) in [5, 5.41) is 12.4. The number of rotatable bonds is 7. The molecule has 100 valence electrons. The molecule has 0 radical (unpaired) electrons. The molecule has 0 aliphatic heterocycles. The van der Waals surface area contributed by atoms with Gasteiger partial charge in [-0.05, 0) is 18.9 Å². The molecule has 2 unspecified atom stereocenters. The Morgan fingerprint density at radius 2 is 2.44 bits per heavy atom. The van der Waals surface area contributed by atoms with Gasteiger partial charge < -0.3 is 15.0 Å². The van der Waals surface area contributed by atoms with Crippen LogP contribution in [0, 0.1) is 0 Å². The summed E-state index contributed by atoms with van der Waals surface area (Å²) in [4.78, 5) is 15.7. The Kier molecular flexibility index (Phi) is 6.09. The quantitative estimate of drug-likeness (QED) is 0.542. The van der Waals surface area contributed by atoms with E-state index in [-0.39, 0.29) is 12.5 Å². The Labute approximate surface area is 110 Å². The lowest BCUT2D eigenvalue weighted by molar-refractivity contribution is 0.0852. The molecule has 0 spiro atoms. The molecule has 0 aliphatic rings. The average Bonchev–Trinajstić information content (AvgIpc) is 2.82. The molecular weight excluding hydrogens is 280 g/mol. The van der Waals surface area contributed by atoms with Crippen LogP contribution in [0.25, 0.3) is 0 Å². The second-order valence-electron chi connectivity index (χ2n) is 3.15. The number of nitrogens with zero attached hydrogens (tertiary/aromatic N) is 1. The van der Waals surface area contributed by atoms with Crippen LogP contribution in [0.3, 0.4) is 0 Å². The van der Waals surface area contributed by atoms with Gasteiger partial charge in [-0.2, -0.15) is 0 Å². The maximum atomic E-state index is 11.6. The topological polar surface area (TPSA) is 111 Å². The summed E-state index contributed by atoms with van der Waals surface area (Å²) in [6.45, 7) is 2.82. The SMILES string of the molecule is C=Nc1ccc(C(=O)NCC(O)COS(=O)[O-])s1. The summed E-state index contributed by atoms with van der Waals surface area (Å²) in [5.74, 6) is -0.378. The molecule has 1 aromatic rings. The summed E-state index contributed by atoms with van der Waals surface area (Å²) in [6.07, 6.45) is -1.09. The highest BCUT2D eigenvalue weighted by atomic mass is 32.2. The lowest BCUT2D eigenvalue weighted by Crippen LogP contribution is -2.34. The molecule has 0 bridgehead atoms. The molecule has 0 aromatic carbocycles. The number of nitrogens with one attached hydrogen (secondary N) is 1. The van der Waals surface area contributed by atoms with Crippen LogP contribution in [0.1, 0.15) is 9.67 Å². The van der Waals surface area contributed by atoms with Crippen LogP contribution in [0.15, 0.2) is 17.1 Å². The summed E-state index contributed by atoms with van der Waals surface area (Å²) in [5.41, 5.74) is 0. The molecule has 1 aromatic heterocycles. The summed E-state index contributed by atoms with van der Waals surface area (Å²) < 4.78 is 24.3. The molecule has 2 N–H and O–H groups in total. The highest BCUT2D eigenvalue weighted by molar-refractivity contribution is 7.74. The van der Waals surface area contributed by atoms with Crippen LogP contribution in [0.2, 0.25) is 0 Å². The Morgan fingerprint density at radius 1 is 1.72 bits per heavy atom. The molecule has 1 rings (SSSR count). The molecule has 18 heavy (non-hydrogen) atoms. The summed E-state index contributed by atoms with van der Waals surface area (Å²) in [6, 6.07) is 3.23. The first-order valence-electron chi connectivity index (χ1n) is 4.78. The minimum Gasteiger partial charge on any atom is -0.750 e. The average molecular weight is 291 g/mol. The van der Waals surface area contributed by atoms with Crippen molar-refractivity contribution in [2.45, 2.75) is 6.10 Å². The van der Waals surface area contributed by atoms with Crippen LogP contribution in [0.4, 0.5) is 5.00 Å². The lowest BCUT2D eigenvalue weighted by Gasteiger charge is -2.12. The number of amides is 1. The predicted octanol–water partition coefficient (Wildman–Crippen LogP) is -0.0184. The first kappa shape index (κ1) is 14.9. The zero-order chi connectivity index (χ0) is 13.5. The number of hydrogen-bond donors (Lipinski definition) is 2. The van der Waals surface area contributed by atoms with Crippen molar-refractivity contribution in [3.63, 3.8) is 0 Å². The van der Waals surface area contributed by atoms with Crippen LogP contribution in [-0.4, -0.2) is 45.7 Å². The van der Waals surface area contributed by atoms with E-state index in [9.17, 15) is 18.7 Å². The van der Waals surface area contributed by atoms with Crippen LogP contribution < -0.4 is 5.32 Å². The van der Waals surface area contributed by atoms with E-state index in [1.165, 1.54) is 0 Å². The van der Waals surface area contributed by atoms with Crippen LogP contribution in [-0.2, 0) is 15.5 Å². The minimum absolute atomic E-state index is 0.106. The van der Waals surface area contributed by atoms with Crippen LogP contribution >= 0.6 is 11.3 Å². The molecule has 9 heteroatoms. The molecule has 1 heterocycles. The number of hydrogen-bond acceptors (Lipinski definition) is 7. The third-order valence-electron chi connectivity index (χ3n) is 1.83. The van der Waals surface area contributed by atoms with Gasteiger partial charge in [0.2, 0.25) is 0 Å². The van der Waals surface area contributed by atoms with Crippen molar-refractivity contribution in [1.29, 1.82) is 0 Å². The number of aliphatic imine (C=N–C) groups is 1. The van der Waals surface area contributed by atoms with Crippen LogP contribution in [0.5, 0.6) is 0 Å². The summed E-state index contributed by atoms with van der Waals surface area (Å²) >= 11 is -1.52. The first-order chi connectivity index (χ1) is 8.52. The van der Waals surface area contributed by atoms with E-state index >= 15 is 0 Å². The fourth-order valence-corrected chi connectivity index (χ4v) is 2.02. The van der Waals surface area contributed by atoms with Gasteiger partial charge in [-0.3, -0.25) is 14.0 Å². The normalized spacial score (nSPS) is 13.9. The second kappa shape index (κ2) is 7.34. The highest BCUT2D eigenvalue weighted by Crippen LogP contribution is 2.23. The van der Waals surface area contributed by atoms with Crippen molar-refractivity contribution in [2.75, 3.05) is 13.2 Å². The Bertz CT molecular complexity index is 448. The predicted molar refractivity (Wildman–Crippen MR) is 66.7 cm³/mol. The van der Waals surface area contributed by atoms with Gasteiger partial charge in [-0.1, -0.05) is 0 Å². The minimum atomic E-state index is -2.67. The van der Waals surface area contributed by atoms with E-state index in [4.69, 9.17) is 0 Å². The van der Waals surface area contributed by atoms with E-state index in [2.05, 4.69) is 21.2 Å². The van der Waals surface area contributed by atoms with E-state index in [1.54, 1.807) is 12.1 Å². The van der Waals surface area contributed by atoms with E-state index in [1.807, 2.05) is 0 Å². The second-order valence-corrected chi connectivity index (χ2v) is 4.85. The molecule has 7 nitrogen and oxygen atoms in total. The zero-order valence-electron chi connectivity index (χ0n) is 9.20. The first-order valence-corrected chi connectivity index (χ1v) is 6.60. The third-order valence-corrected chi connectivity index (χ3v) is 3.17.